The Morgan fingerprint density at radius 3 is 2.56 bits per heavy atom. The molecule has 8 heteroatoms. The molecule has 1 amide bonds. The largest absolute Gasteiger partial charge is 0.362 e. The third-order valence-electron chi connectivity index (χ3n) is 5.94. The fraction of sp³-hybridized carbons (Fsp3) is 0.375. The van der Waals surface area contributed by atoms with Gasteiger partial charge in [-0.2, -0.15) is 4.98 Å². The lowest BCUT2D eigenvalue weighted by molar-refractivity contribution is -0.126. The van der Waals surface area contributed by atoms with Crippen LogP contribution in [0.5, 0.6) is 0 Å². The van der Waals surface area contributed by atoms with Gasteiger partial charge >= 0.3 is 0 Å². The van der Waals surface area contributed by atoms with Crippen LogP contribution in [-0.4, -0.2) is 36.0 Å². The first-order valence-corrected chi connectivity index (χ1v) is 11.2. The zero-order valence-corrected chi connectivity index (χ0v) is 19.0. The van der Waals surface area contributed by atoms with Crippen LogP contribution < -0.4 is 15.5 Å². The van der Waals surface area contributed by atoms with Crippen LogP contribution in [0.1, 0.15) is 31.2 Å². The van der Waals surface area contributed by atoms with E-state index in [1.165, 1.54) is 6.07 Å². The van der Waals surface area contributed by atoms with E-state index in [9.17, 15) is 9.18 Å². The Hall–Kier alpha value is -2.93. The molecule has 32 heavy (non-hydrogen) atoms. The van der Waals surface area contributed by atoms with Gasteiger partial charge in [-0.25, -0.2) is 9.37 Å². The van der Waals surface area contributed by atoms with E-state index >= 15 is 0 Å². The summed E-state index contributed by atoms with van der Waals surface area (Å²) in [5.74, 6) is 0.929. The van der Waals surface area contributed by atoms with Crippen molar-refractivity contribution in [2.45, 2.75) is 38.3 Å². The van der Waals surface area contributed by atoms with Crippen LogP contribution in [0, 0.1) is 11.7 Å². The highest BCUT2D eigenvalue weighted by Crippen LogP contribution is 2.29. The van der Waals surface area contributed by atoms with Crippen LogP contribution >= 0.6 is 11.6 Å². The molecule has 6 nitrogen and oxygen atoms in total. The molecule has 0 radical (unpaired) electrons. The average Bonchev–Trinajstić information content (AvgIpc) is 2.78. The van der Waals surface area contributed by atoms with Gasteiger partial charge in [0.1, 0.15) is 11.6 Å². The van der Waals surface area contributed by atoms with Crippen LogP contribution in [0.3, 0.4) is 0 Å². The molecular formula is C24H27ClFN5O. The highest BCUT2D eigenvalue weighted by atomic mass is 35.5. The molecular weight excluding hydrogens is 429 g/mol. The summed E-state index contributed by atoms with van der Waals surface area (Å²) in [5.41, 5.74) is 1.22. The Morgan fingerprint density at radius 1 is 1.09 bits per heavy atom. The second kappa shape index (κ2) is 9.69. The van der Waals surface area contributed by atoms with Crippen molar-refractivity contribution < 1.29 is 9.18 Å². The van der Waals surface area contributed by atoms with Crippen molar-refractivity contribution in [3.8, 4) is 0 Å². The third kappa shape index (κ3) is 4.93. The summed E-state index contributed by atoms with van der Waals surface area (Å²) in [5, 5.41) is 7.63. The number of para-hydroxylation sites is 1. The minimum Gasteiger partial charge on any atom is -0.362 e. The van der Waals surface area contributed by atoms with Crippen LogP contribution in [0.15, 0.2) is 42.5 Å². The normalized spacial score (nSPS) is 18.4. The summed E-state index contributed by atoms with van der Waals surface area (Å²) in [7, 11) is 3.94. The molecule has 2 aromatic carbocycles. The number of nitrogens with one attached hydrogen (secondary N) is 2. The first kappa shape index (κ1) is 22.3. The minimum absolute atomic E-state index is 0.0559. The number of fused-ring (bicyclic) bond motifs is 1. The number of carbonyl (C=O) groups excluding carboxylic acids is 1. The zero-order valence-electron chi connectivity index (χ0n) is 18.2. The van der Waals surface area contributed by atoms with E-state index in [-0.39, 0.29) is 24.4 Å². The number of anilines is 2. The smallest absolute Gasteiger partial charge is 0.225 e. The predicted octanol–water partition coefficient (Wildman–Crippen LogP) is 4.78. The highest BCUT2D eigenvalue weighted by molar-refractivity contribution is 6.31. The van der Waals surface area contributed by atoms with Crippen LogP contribution in [-0.2, 0) is 11.3 Å². The van der Waals surface area contributed by atoms with E-state index in [4.69, 9.17) is 16.6 Å². The van der Waals surface area contributed by atoms with E-state index in [2.05, 4.69) is 15.6 Å². The summed E-state index contributed by atoms with van der Waals surface area (Å²) >= 11 is 6.05. The Morgan fingerprint density at radius 2 is 1.84 bits per heavy atom. The second-order valence-corrected chi connectivity index (χ2v) is 8.80. The molecule has 2 N–H and O–H groups in total. The maximum Gasteiger partial charge on any atom is 0.225 e. The second-order valence-electron chi connectivity index (χ2n) is 8.39. The summed E-state index contributed by atoms with van der Waals surface area (Å²) in [6.07, 6.45) is 3.18. The topological polar surface area (TPSA) is 70.2 Å². The molecule has 1 fully saturated rings. The number of carbonyl (C=O) groups is 1. The van der Waals surface area contributed by atoms with Crippen LogP contribution in [0.4, 0.5) is 16.2 Å². The number of hydrogen-bond acceptors (Lipinski definition) is 5. The number of nitrogens with zero attached hydrogens (tertiary/aromatic N) is 3. The zero-order chi connectivity index (χ0) is 22.7. The average molecular weight is 456 g/mol. The lowest BCUT2D eigenvalue weighted by Gasteiger charge is -2.28. The van der Waals surface area contributed by atoms with Crippen LogP contribution in [0.2, 0.25) is 5.02 Å². The van der Waals surface area contributed by atoms with Crippen molar-refractivity contribution in [2.24, 2.45) is 5.92 Å². The molecule has 168 valence electrons. The quantitative estimate of drug-likeness (QED) is 0.560. The summed E-state index contributed by atoms with van der Waals surface area (Å²) in [6, 6.07) is 12.7. The van der Waals surface area contributed by atoms with Crippen molar-refractivity contribution >= 4 is 40.2 Å². The van der Waals surface area contributed by atoms with Gasteiger partial charge in [-0.1, -0.05) is 29.8 Å². The Balaban J connectivity index is 1.34. The van der Waals surface area contributed by atoms with Crippen molar-refractivity contribution in [3.05, 3.63) is 58.9 Å². The van der Waals surface area contributed by atoms with Crippen molar-refractivity contribution in [3.63, 3.8) is 0 Å². The Bertz CT molecular complexity index is 1090. The molecule has 0 saturated heterocycles. The monoisotopic (exact) mass is 455 g/mol. The number of halogens is 2. The van der Waals surface area contributed by atoms with Crippen LogP contribution in [0.25, 0.3) is 10.9 Å². The number of rotatable bonds is 6. The van der Waals surface area contributed by atoms with Gasteiger partial charge in [-0.15, -0.1) is 0 Å². The van der Waals surface area contributed by atoms with E-state index in [1.54, 1.807) is 12.1 Å². The Labute approximate surface area is 192 Å². The summed E-state index contributed by atoms with van der Waals surface area (Å²) in [6.45, 7) is 0.0980. The predicted molar refractivity (Wildman–Crippen MR) is 126 cm³/mol. The van der Waals surface area contributed by atoms with Gasteiger partial charge in [0.25, 0.3) is 0 Å². The van der Waals surface area contributed by atoms with Gasteiger partial charge in [0.2, 0.25) is 11.9 Å². The Kier molecular flexibility index (Phi) is 6.74. The molecule has 0 unspecified atom stereocenters. The number of amides is 1. The maximum atomic E-state index is 13.9. The molecule has 0 spiro atoms. The molecule has 0 bridgehead atoms. The molecule has 1 aliphatic rings. The van der Waals surface area contributed by atoms with E-state index in [0.717, 1.165) is 42.4 Å². The third-order valence-corrected chi connectivity index (χ3v) is 6.29. The van der Waals surface area contributed by atoms with E-state index < -0.39 is 5.82 Å². The molecule has 1 aliphatic carbocycles. The summed E-state index contributed by atoms with van der Waals surface area (Å²) in [4.78, 5) is 24.0. The first-order chi connectivity index (χ1) is 15.4. The number of benzene rings is 2. The fourth-order valence-corrected chi connectivity index (χ4v) is 4.40. The van der Waals surface area contributed by atoms with Gasteiger partial charge in [-0.05, 0) is 49.9 Å². The minimum atomic E-state index is -0.404. The van der Waals surface area contributed by atoms with Crippen molar-refractivity contribution in [1.82, 2.24) is 15.3 Å². The van der Waals surface area contributed by atoms with Gasteiger partial charge in [-0.3, -0.25) is 4.79 Å². The lowest BCUT2D eigenvalue weighted by atomic mass is 9.85. The van der Waals surface area contributed by atoms with Gasteiger partial charge in [0.05, 0.1) is 5.52 Å². The summed E-state index contributed by atoms with van der Waals surface area (Å²) < 4.78 is 13.9. The number of aromatic nitrogens is 2. The first-order valence-electron chi connectivity index (χ1n) is 10.8. The van der Waals surface area contributed by atoms with Crippen molar-refractivity contribution in [2.75, 3.05) is 24.3 Å². The van der Waals surface area contributed by atoms with E-state index in [0.29, 0.717) is 16.5 Å². The SMILES string of the molecule is CN(C)c1nc(N[C@H]2CC[C@@H](C(=O)NCc3c(F)cccc3Cl)CC2)nc2ccccc12. The molecule has 0 aliphatic heterocycles. The molecule has 4 rings (SSSR count). The maximum absolute atomic E-state index is 13.9. The number of hydrogen-bond donors (Lipinski definition) is 2. The van der Waals surface area contributed by atoms with Crippen molar-refractivity contribution in [1.29, 1.82) is 0 Å². The fourth-order valence-electron chi connectivity index (χ4n) is 4.17. The van der Waals surface area contributed by atoms with Gasteiger partial charge in [0.15, 0.2) is 0 Å². The molecule has 3 aromatic rings. The van der Waals surface area contributed by atoms with E-state index in [1.807, 2.05) is 43.3 Å². The molecule has 1 saturated carbocycles. The standard InChI is InChI=1S/C24H27ClFN5O/c1-31(2)22-17-6-3-4-9-21(17)29-24(30-22)28-16-12-10-15(11-13-16)23(32)27-14-18-19(25)7-5-8-20(18)26/h3-9,15-16H,10-14H2,1-2H3,(H,27,32)(H,28,29,30)/t15-,16+. The molecule has 0 atom stereocenters. The highest BCUT2D eigenvalue weighted by Gasteiger charge is 2.27. The van der Waals surface area contributed by atoms with Gasteiger partial charge in [0, 0.05) is 48.6 Å². The molecule has 1 aromatic heterocycles. The lowest BCUT2D eigenvalue weighted by Crippen LogP contribution is -2.36. The van der Waals surface area contributed by atoms with Gasteiger partial charge < -0.3 is 15.5 Å². The molecule has 1 heterocycles.